The second-order valence-electron chi connectivity index (χ2n) is 6.81. The fraction of sp³-hybridized carbons (Fsp3) is 0.368. The van der Waals surface area contributed by atoms with Gasteiger partial charge in [0.25, 0.3) is 0 Å². The summed E-state index contributed by atoms with van der Waals surface area (Å²) >= 11 is 5.38. The van der Waals surface area contributed by atoms with Crippen LogP contribution in [0.25, 0.3) is 10.8 Å². The number of rotatable bonds is 3. The highest BCUT2D eigenvalue weighted by atomic mass is 32.1. The van der Waals surface area contributed by atoms with Crippen molar-refractivity contribution in [1.29, 1.82) is 0 Å². The summed E-state index contributed by atoms with van der Waals surface area (Å²) in [6.45, 7) is 3.48. The summed E-state index contributed by atoms with van der Waals surface area (Å²) in [4.78, 5) is 2.48. The first-order valence-corrected chi connectivity index (χ1v) is 9.14. The second kappa shape index (κ2) is 6.98. The Hall–Kier alpha value is -2.18. The number of fused-ring (bicyclic) bond motifs is 4. The van der Waals surface area contributed by atoms with E-state index in [9.17, 15) is 5.11 Å². The highest BCUT2D eigenvalue weighted by molar-refractivity contribution is 7.80. The minimum absolute atomic E-state index is 0.209. The lowest BCUT2D eigenvalue weighted by molar-refractivity contribution is 0.0812. The number of phenolic OH excluding ortho intramolecular Hbond substituents is 1. The zero-order valence-electron chi connectivity index (χ0n) is 14.0. The first-order valence-electron chi connectivity index (χ1n) is 8.73. The SMILES string of the molecule is Oc1ccc2ccccc2c1/C=N/NC(=S)NC1CN2CCC1CC2. The molecular weight excluding hydrogens is 332 g/mol. The van der Waals surface area contributed by atoms with E-state index in [4.69, 9.17) is 12.2 Å². The lowest BCUT2D eigenvalue weighted by Gasteiger charge is -2.45. The first-order chi connectivity index (χ1) is 12.2. The van der Waals surface area contributed by atoms with E-state index in [-0.39, 0.29) is 5.75 Å². The topological polar surface area (TPSA) is 59.9 Å². The molecule has 2 bridgehead atoms. The number of nitrogens with one attached hydrogen (secondary N) is 2. The number of hydrogen-bond donors (Lipinski definition) is 3. The Morgan fingerprint density at radius 1 is 1.20 bits per heavy atom. The molecule has 5 nitrogen and oxygen atoms in total. The van der Waals surface area contributed by atoms with E-state index in [0.29, 0.717) is 22.6 Å². The van der Waals surface area contributed by atoms with E-state index in [1.165, 1.54) is 25.9 Å². The summed E-state index contributed by atoms with van der Waals surface area (Å²) < 4.78 is 0. The van der Waals surface area contributed by atoms with Crippen LogP contribution in [0.3, 0.4) is 0 Å². The van der Waals surface area contributed by atoms with Gasteiger partial charge in [-0.25, -0.2) is 0 Å². The fourth-order valence-electron chi connectivity index (χ4n) is 3.90. The molecule has 3 saturated heterocycles. The number of phenols is 1. The summed E-state index contributed by atoms with van der Waals surface area (Å²) in [6, 6.07) is 11.9. The number of benzene rings is 2. The van der Waals surface area contributed by atoms with Crippen molar-refractivity contribution in [2.45, 2.75) is 18.9 Å². The van der Waals surface area contributed by atoms with E-state index in [2.05, 4.69) is 20.7 Å². The molecule has 3 aliphatic rings. The van der Waals surface area contributed by atoms with Crippen molar-refractivity contribution >= 4 is 34.3 Å². The third-order valence-electron chi connectivity index (χ3n) is 5.28. The number of thiocarbonyl (C=S) groups is 1. The van der Waals surface area contributed by atoms with Gasteiger partial charge in [0.1, 0.15) is 5.75 Å². The average molecular weight is 354 g/mol. The lowest BCUT2D eigenvalue weighted by atomic mass is 9.84. The van der Waals surface area contributed by atoms with Crippen molar-refractivity contribution in [3.63, 3.8) is 0 Å². The van der Waals surface area contributed by atoms with Crippen LogP contribution >= 0.6 is 12.2 Å². The van der Waals surface area contributed by atoms with E-state index in [1.807, 2.05) is 30.3 Å². The Morgan fingerprint density at radius 3 is 2.76 bits per heavy atom. The summed E-state index contributed by atoms with van der Waals surface area (Å²) in [5, 5.41) is 20.3. The Bertz CT molecular complexity index is 814. The predicted octanol–water partition coefficient (Wildman–Crippen LogP) is 2.44. The molecule has 3 fully saturated rings. The fourth-order valence-corrected chi connectivity index (χ4v) is 4.11. The number of nitrogens with zero attached hydrogens (tertiary/aromatic N) is 2. The van der Waals surface area contributed by atoms with Crippen LogP contribution in [0.4, 0.5) is 0 Å². The molecule has 2 aromatic carbocycles. The highest BCUT2D eigenvalue weighted by Crippen LogP contribution is 2.27. The zero-order chi connectivity index (χ0) is 17.2. The van der Waals surface area contributed by atoms with Gasteiger partial charge in [-0.1, -0.05) is 30.3 Å². The van der Waals surface area contributed by atoms with E-state index in [0.717, 1.165) is 17.3 Å². The van der Waals surface area contributed by atoms with Crippen LogP contribution in [-0.4, -0.2) is 47.0 Å². The van der Waals surface area contributed by atoms with Crippen LogP contribution in [-0.2, 0) is 0 Å². The van der Waals surface area contributed by atoms with Crippen molar-refractivity contribution in [2.24, 2.45) is 11.0 Å². The zero-order valence-corrected chi connectivity index (χ0v) is 14.8. The van der Waals surface area contributed by atoms with Gasteiger partial charge in [0.05, 0.1) is 6.21 Å². The second-order valence-corrected chi connectivity index (χ2v) is 7.22. The molecule has 25 heavy (non-hydrogen) atoms. The largest absolute Gasteiger partial charge is 0.507 e. The van der Waals surface area contributed by atoms with Gasteiger partial charge in [0, 0.05) is 18.2 Å². The molecule has 3 heterocycles. The number of piperidine rings is 3. The van der Waals surface area contributed by atoms with Gasteiger partial charge in [0.15, 0.2) is 5.11 Å². The molecule has 0 aromatic heterocycles. The van der Waals surface area contributed by atoms with E-state index >= 15 is 0 Å². The van der Waals surface area contributed by atoms with Gasteiger partial charge in [-0.3, -0.25) is 5.43 Å². The van der Waals surface area contributed by atoms with Crippen molar-refractivity contribution in [3.05, 3.63) is 42.0 Å². The normalized spacial score (nSPS) is 25.4. The number of hydrazone groups is 1. The average Bonchev–Trinajstić information content (AvgIpc) is 2.64. The highest BCUT2D eigenvalue weighted by Gasteiger charge is 2.34. The maximum absolute atomic E-state index is 10.1. The summed E-state index contributed by atoms with van der Waals surface area (Å²) in [7, 11) is 0. The molecule has 0 radical (unpaired) electrons. The van der Waals surface area contributed by atoms with Crippen LogP contribution in [0.5, 0.6) is 5.75 Å². The van der Waals surface area contributed by atoms with Gasteiger partial charge in [-0.05, 0) is 60.9 Å². The monoisotopic (exact) mass is 354 g/mol. The molecule has 0 spiro atoms. The van der Waals surface area contributed by atoms with E-state index in [1.54, 1.807) is 12.3 Å². The Balaban J connectivity index is 1.41. The molecule has 1 atom stereocenters. The molecule has 130 valence electrons. The maximum Gasteiger partial charge on any atom is 0.187 e. The number of hydrogen-bond acceptors (Lipinski definition) is 4. The summed E-state index contributed by atoms with van der Waals surface area (Å²) in [5.74, 6) is 0.913. The Morgan fingerprint density at radius 2 is 2.00 bits per heavy atom. The molecule has 1 unspecified atom stereocenters. The predicted molar refractivity (Wildman–Crippen MR) is 105 cm³/mol. The maximum atomic E-state index is 10.1. The van der Waals surface area contributed by atoms with Gasteiger partial charge < -0.3 is 15.3 Å². The smallest absolute Gasteiger partial charge is 0.187 e. The third-order valence-corrected chi connectivity index (χ3v) is 5.49. The minimum Gasteiger partial charge on any atom is -0.507 e. The Kier molecular flexibility index (Phi) is 4.55. The summed E-state index contributed by atoms with van der Waals surface area (Å²) in [6.07, 6.45) is 4.11. The quantitative estimate of drug-likeness (QED) is 0.449. The van der Waals surface area contributed by atoms with Crippen LogP contribution in [0.15, 0.2) is 41.5 Å². The van der Waals surface area contributed by atoms with Crippen LogP contribution < -0.4 is 10.7 Å². The standard InChI is InChI=1S/C19H22N4OS/c24-18-6-5-13-3-1-2-4-15(13)16(18)11-20-22-19(25)21-17-12-23-9-7-14(17)8-10-23/h1-6,11,14,17,24H,7-10,12H2,(H2,21,22,25)/b20-11+. The Labute approximate surface area is 152 Å². The third kappa shape index (κ3) is 3.45. The van der Waals surface area contributed by atoms with Crippen molar-refractivity contribution in [3.8, 4) is 5.75 Å². The molecule has 2 aromatic rings. The molecule has 6 heteroatoms. The van der Waals surface area contributed by atoms with Gasteiger partial charge >= 0.3 is 0 Å². The lowest BCUT2D eigenvalue weighted by Crippen LogP contribution is -2.58. The molecule has 0 saturated carbocycles. The molecule has 0 amide bonds. The van der Waals surface area contributed by atoms with Crippen molar-refractivity contribution < 1.29 is 5.11 Å². The summed E-state index contributed by atoms with van der Waals surface area (Å²) in [5.41, 5.74) is 3.58. The minimum atomic E-state index is 0.209. The molecule has 0 aliphatic carbocycles. The number of aromatic hydroxyl groups is 1. The van der Waals surface area contributed by atoms with Crippen LogP contribution in [0, 0.1) is 5.92 Å². The molecule has 3 aliphatic heterocycles. The van der Waals surface area contributed by atoms with Crippen LogP contribution in [0.1, 0.15) is 18.4 Å². The molecule has 5 rings (SSSR count). The first kappa shape index (κ1) is 16.3. The van der Waals surface area contributed by atoms with Crippen molar-refractivity contribution in [1.82, 2.24) is 15.6 Å². The molecular formula is C19H22N4OS. The van der Waals surface area contributed by atoms with Gasteiger partial charge in [-0.2, -0.15) is 5.10 Å². The molecule has 3 N–H and O–H groups in total. The van der Waals surface area contributed by atoms with Gasteiger partial charge in [-0.15, -0.1) is 0 Å². The van der Waals surface area contributed by atoms with Gasteiger partial charge in [0.2, 0.25) is 0 Å². The van der Waals surface area contributed by atoms with Crippen LogP contribution in [0.2, 0.25) is 0 Å². The van der Waals surface area contributed by atoms with Crippen molar-refractivity contribution in [2.75, 3.05) is 19.6 Å². The van der Waals surface area contributed by atoms with E-state index < -0.39 is 0 Å².